The van der Waals surface area contributed by atoms with E-state index < -0.39 is 35.1 Å². The van der Waals surface area contributed by atoms with E-state index in [0.717, 1.165) is 56.4 Å². The summed E-state index contributed by atoms with van der Waals surface area (Å²) in [4.78, 5) is 16.2. The smallest absolute Gasteiger partial charge is 0.246 e. The van der Waals surface area contributed by atoms with Gasteiger partial charge in [0.15, 0.2) is 17.5 Å². The zero-order chi connectivity index (χ0) is 28.4. The van der Waals surface area contributed by atoms with E-state index in [1.165, 1.54) is 11.0 Å². The van der Waals surface area contributed by atoms with Crippen molar-refractivity contribution in [1.82, 2.24) is 15.1 Å². The number of β-amino-alcohol motifs (C(OH)–C–C–N with tert-alkyl or cyclic N) is 1. The van der Waals surface area contributed by atoms with E-state index in [1.807, 2.05) is 24.3 Å². The van der Waals surface area contributed by atoms with Crippen molar-refractivity contribution >= 4 is 12.0 Å². The van der Waals surface area contributed by atoms with Crippen LogP contribution in [0.5, 0.6) is 0 Å². The van der Waals surface area contributed by atoms with Gasteiger partial charge >= 0.3 is 0 Å². The molecule has 0 aliphatic carbocycles. The molecule has 0 saturated carbocycles. The minimum absolute atomic E-state index is 0.0285. The number of hydrogen-bond acceptors (Lipinski definition) is 6. The first-order chi connectivity index (χ1) is 18.6. The van der Waals surface area contributed by atoms with Gasteiger partial charge in [0.25, 0.3) is 0 Å². The Morgan fingerprint density at radius 2 is 1.77 bits per heavy atom. The van der Waals surface area contributed by atoms with E-state index in [9.17, 15) is 28.2 Å². The number of benzene rings is 1. The summed E-state index contributed by atoms with van der Waals surface area (Å²) < 4.78 is 39.9. The van der Waals surface area contributed by atoms with Gasteiger partial charge in [0, 0.05) is 44.5 Å². The summed E-state index contributed by atoms with van der Waals surface area (Å²) in [6.45, 7) is 7.79. The molecule has 2 aliphatic heterocycles. The maximum Gasteiger partial charge on any atom is 0.246 e. The van der Waals surface area contributed by atoms with Crippen molar-refractivity contribution in [3.05, 3.63) is 77.8 Å². The summed E-state index contributed by atoms with van der Waals surface area (Å²) in [6, 6.07) is 1.62. The summed E-state index contributed by atoms with van der Waals surface area (Å²) in [5, 5.41) is 25.3. The van der Waals surface area contributed by atoms with Gasteiger partial charge in [0.1, 0.15) is 0 Å². The summed E-state index contributed by atoms with van der Waals surface area (Å²) in [7, 11) is 0. The highest BCUT2D eigenvalue weighted by Gasteiger charge is 2.40. The van der Waals surface area contributed by atoms with Gasteiger partial charge in [-0.2, -0.15) is 0 Å². The van der Waals surface area contributed by atoms with Crippen molar-refractivity contribution in [1.29, 1.82) is 0 Å². The Bertz CT molecular complexity index is 1050. The van der Waals surface area contributed by atoms with Gasteiger partial charge in [0.05, 0.1) is 11.7 Å². The van der Waals surface area contributed by atoms with Crippen molar-refractivity contribution in [2.45, 2.75) is 37.4 Å². The van der Waals surface area contributed by atoms with Gasteiger partial charge in [-0.15, -0.1) is 0 Å². The number of allylic oxidation sites excluding steroid dienone is 3. The van der Waals surface area contributed by atoms with Crippen molar-refractivity contribution < 1.29 is 28.2 Å². The van der Waals surface area contributed by atoms with E-state index in [-0.39, 0.29) is 31.5 Å². The summed E-state index contributed by atoms with van der Waals surface area (Å²) in [6.07, 6.45) is 11.3. The third-order valence-electron chi connectivity index (χ3n) is 7.42. The Hall–Kier alpha value is -2.92. The second kappa shape index (κ2) is 14.5. The van der Waals surface area contributed by atoms with Crippen LogP contribution in [0.1, 0.15) is 31.2 Å². The highest BCUT2D eigenvalue weighted by atomic mass is 19.2. The van der Waals surface area contributed by atoms with E-state index in [2.05, 4.69) is 16.8 Å². The van der Waals surface area contributed by atoms with Gasteiger partial charge in [-0.1, -0.05) is 24.8 Å². The molecule has 2 saturated heterocycles. The molecule has 7 nitrogen and oxygen atoms in total. The zero-order valence-corrected chi connectivity index (χ0v) is 22.2. The van der Waals surface area contributed by atoms with Crippen LogP contribution in [0, 0.1) is 23.4 Å². The zero-order valence-electron chi connectivity index (χ0n) is 22.2. The van der Waals surface area contributed by atoms with Crippen LogP contribution in [-0.2, 0) is 4.79 Å². The number of rotatable bonds is 11. The van der Waals surface area contributed by atoms with Crippen molar-refractivity contribution in [3.8, 4) is 0 Å². The number of nitrogens with one attached hydrogen (secondary N) is 1. The third-order valence-corrected chi connectivity index (χ3v) is 7.42. The van der Waals surface area contributed by atoms with Crippen LogP contribution >= 0.6 is 0 Å². The Morgan fingerprint density at radius 1 is 1.13 bits per heavy atom. The van der Waals surface area contributed by atoms with Crippen LogP contribution in [0.15, 0.2) is 54.8 Å². The topological polar surface area (TPSA) is 102 Å². The molecule has 2 heterocycles. The predicted octanol–water partition coefficient (Wildman–Crippen LogP) is 2.72. The van der Waals surface area contributed by atoms with Gasteiger partial charge in [-0.3, -0.25) is 4.79 Å². The molecule has 1 aromatic rings. The molecular formula is C29H39F3N4O3. The molecule has 0 spiro atoms. The number of carbonyl (C=O) groups is 1. The third kappa shape index (κ3) is 9.06. The second-order valence-electron chi connectivity index (χ2n) is 10.2. The number of carbonyl (C=O) groups excluding carboxylic acids is 1. The van der Waals surface area contributed by atoms with Gasteiger partial charge < -0.3 is 31.1 Å². The Balaban J connectivity index is 1.39. The van der Waals surface area contributed by atoms with Crippen molar-refractivity contribution in [3.63, 3.8) is 0 Å². The predicted molar refractivity (Wildman–Crippen MR) is 146 cm³/mol. The van der Waals surface area contributed by atoms with Gasteiger partial charge in [0.2, 0.25) is 5.91 Å². The molecule has 1 aromatic carbocycles. The molecule has 1 atom stereocenters. The first-order valence-electron chi connectivity index (χ1n) is 13.3. The van der Waals surface area contributed by atoms with Gasteiger partial charge in [-0.05, 0) is 74.5 Å². The fourth-order valence-electron chi connectivity index (χ4n) is 4.84. The molecule has 3 rings (SSSR count). The second-order valence-corrected chi connectivity index (χ2v) is 10.2. The highest BCUT2D eigenvalue weighted by molar-refractivity contribution is 5.91. The first kappa shape index (κ1) is 30.6. The molecule has 39 heavy (non-hydrogen) atoms. The molecular weight excluding hydrogens is 509 g/mol. The lowest BCUT2D eigenvalue weighted by atomic mass is 9.85. The average Bonchev–Trinajstić information content (AvgIpc) is 2.92. The molecule has 2 aliphatic rings. The number of nitrogens with two attached hydrogens (primary N) is 1. The number of aliphatic hydroxyl groups is 2. The van der Waals surface area contributed by atoms with Crippen LogP contribution < -0.4 is 11.1 Å². The van der Waals surface area contributed by atoms with E-state index in [1.54, 1.807) is 0 Å². The number of aliphatic hydroxyl groups excluding tert-OH is 1. The quantitative estimate of drug-likeness (QED) is 0.193. The largest absolute Gasteiger partial charge is 0.389 e. The van der Waals surface area contributed by atoms with Crippen molar-refractivity contribution in [2.75, 3.05) is 45.8 Å². The molecule has 1 unspecified atom stereocenters. The monoisotopic (exact) mass is 548 g/mol. The molecule has 5 N–H and O–H groups in total. The van der Waals surface area contributed by atoms with E-state index >= 15 is 0 Å². The highest BCUT2D eigenvalue weighted by Crippen LogP contribution is 2.28. The standard InChI is InChI=1S/C29H39F3N4O3/c1-21(5-3-2-4-12-33)34-19-22-8-13-35(14-9-22)20-26(37)29(39)10-15-36(16-11-29)27(38)7-6-23-17-24(30)28(32)25(31)18-23/h2-7,17-18,22,26,34,37,39H,1,8-16,19-20,33H2/b4-2-,5-3-,7-6+. The lowest BCUT2D eigenvalue weighted by Gasteiger charge is -2.43. The molecule has 0 radical (unpaired) electrons. The lowest BCUT2D eigenvalue weighted by Crippen LogP contribution is -2.56. The number of piperidine rings is 2. The minimum atomic E-state index is -1.56. The molecule has 2 fully saturated rings. The van der Waals surface area contributed by atoms with E-state index in [4.69, 9.17) is 5.73 Å². The number of amides is 1. The van der Waals surface area contributed by atoms with Crippen LogP contribution in [0.2, 0.25) is 0 Å². The lowest BCUT2D eigenvalue weighted by molar-refractivity contribution is -0.140. The maximum atomic E-state index is 13.4. The summed E-state index contributed by atoms with van der Waals surface area (Å²) >= 11 is 0. The normalized spacial score (nSPS) is 19.8. The van der Waals surface area contributed by atoms with Gasteiger partial charge in [-0.25, -0.2) is 13.2 Å². The Morgan fingerprint density at radius 3 is 2.38 bits per heavy atom. The molecule has 0 aromatic heterocycles. The maximum absolute atomic E-state index is 13.4. The minimum Gasteiger partial charge on any atom is -0.389 e. The Labute approximate surface area is 228 Å². The Kier molecular flexibility index (Phi) is 11.4. The van der Waals surface area contributed by atoms with Crippen LogP contribution in [-0.4, -0.2) is 83.4 Å². The molecule has 0 bridgehead atoms. The van der Waals surface area contributed by atoms with Crippen LogP contribution in [0.3, 0.4) is 0 Å². The molecule has 10 heteroatoms. The molecule has 1 amide bonds. The number of likely N-dealkylation sites (tertiary alicyclic amines) is 2. The van der Waals surface area contributed by atoms with Crippen LogP contribution in [0.25, 0.3) is 6.08 Å². The average molecular weight is 549 g/mol. The van der Waals surface area contributed by atoms with E-state index in [0.29, 0.717) is 19.0 Å². The fourth-order valence-corrected chi connectivity index (χ4v) is 4.84. The summed E-state index contributed by atoms with van der Waals surface area (Å²) in [5.41, 5.74) is 4.98. The van der Waals surface area contributed by atoms with Crippen LogP contribution in [0.4, 0.5) is 13.2 Å². The number of hydrogen-bond donors (Lipinski definition) is 4. The molecule has 214 valence electrons. The van der Waals surface area contributed by atoms with Crippen molar-refractivity contribution in [2.24, 2.45) is 11.7 Å². The fraction of sp³-hybridized carbons (Fsp3) is 0.483. The first-order valence-corrected chi connectivity index (χ1v) is 13.3. The SMILES string of the molecule is C=C(/C=C\C=C/CN)NCC1CCN(CC(O)C2(O)CCN(C(=O)/C=C/c3cc(F)c(F)c(F)c3)CC2)CC1. The number of halogens is 3. The number of nitrogens with zero attached hydrogens (tertiary/aromatic N) is 2. The summed E-state index contributed by atoms with van der Waals surface area (Å²) in [5.74, 6) is -4.11.